The minimum atomic E-state index is 0.0683. The molecule has 0 saturated carbocycles. The van der Waals surface area contributed by atoms with E-state index in [1.54, 1.807) is 0 Å². The van der Waals surface area contributed by atoms with Gasteiger partial charge in [0.05, 0.1) is 6.61 Å². The van der Waals surface area contributed by atoms with Crippen LogP contribution in [0.3, 0.4) is 0 Å². The van der Waals surface area contributed by atoms with Crippen molar-refractivity contribution in [1.29, 1.82) is 0 Å². The monoisotopic (exact) mass is 254 g/mol. The van der Waals surface area contributed by atoms with Gasteiger partial charge in [0.25, 0.3) is 6.01 Å². The summed E-state index contributed by atoms with van der Waals surface area (Å²) in [5.41, 5.74) is 3.64. The number of aliphatic hydroxyl groups is 1. The fraction of sp³-hybridized carbons (Fsp3) is 0.133. The predicted octanol–water partition coefficient (Wildman–Crippen LogP) is 2.93. The van der Waals surface area contributed by atoms with E-state index in [9.17, 15) is 0 Å². The number of hydrogen-bond acceptors (Lipinski definition) is 4. The average Bonchev–Trinajstić information content (AvgIpc) is 2.88. The van der Waals surface area contributed by atoms with Crippen LogP contribution in [0.1, 0.15) is 11.1 Å². The minimum absolute atomic E-state index is 0.0683. The number of oxazole rings is 1. The number of aliphatic hydroxyl groups excluding tert-OH is 1. The van der Waals surface area contributed by atoms with Gasteiger partial charge in [0.15, 0.2) is 5.58 Å². The largest absolute Gasteiger partial charge is 0.424 e. The van der Waals surface area contributed by atoms with E-state index in [1.165, 1.54) is 0 Å². The lowest BCUT2D eigenvalue weighted by Gasteiger charge is -2.02. The number of aromatic nitrogens is 1. The topological polar surface area (TPSA) is 58.3 Å². The van der Waals surface area contributed by atoms with Gasteiger partial charge in [-0.2, -0.15) is 4.98 Å². The van der Waals surface area contributed by atoms with Crippen molar-refractivity contribution in [3.63, 3.8) is 0 Å². The van der Waals surface area contributed by atoms with E-state index in [0.29, 0.717) is 12.6 Å². The molecule has 0 fully saturated rings. The molecule has 0 saturated heterocycles. The number of para-hydroxylation sites is 2. The Kier molecular flexibility index (Phi) is 3.16. The zero-order valence-corrected chi connectivity index (χ0v) is 10.3. The second-order valence-corrected chi connectivity index (χ2v) is 4.31. The zero-order valence-electron chi connectivity index (χ0n) is 10.3. The lowest BCUT2D eigenvalue weighted by atomic mass is 10.1. The summed E-state index contributed by atoms with van der Waals surface area (Å²) in [5, 5.41) is 12.1. The summed E-state index contributed by atoms with van der Waals surface area (Å²) >= 11 is 0. The first-order chi connectivity index (χ1) is 9.35. The van der Waals surface area contributed by atoms with Gasteiger partial charge in [0, 0.05) is 6.54 Å². The molecule has 4 nitrogen and oxygen atoms in total. The molecule has 3 aromatic rings. The van der Waals surface area contributed by atoms with Gasteiger partial charge in [-0.3, -0.25) is 0 Å². The molecule has 1 heterocycles. The zero-order chi connectivity index (χ0) is 13.1. The highest BCUT2D eigenvalue weighted by atomic mass is 16.4. The van der Waals surface area contributed by atoms with Gasteiger partial charge in [-0.15, -0.1) is 0 Å². The molecule has 2 N–H and O–H groups in total. The molecule has 0 aliphatic heterocycles. The smallest absolute Gasteiger partial charge is 0.295 e. The van der Waals surface area contributed by atoms with Crippen molar-refractivity contribution in [2.45, 2.75) is 13.2 Å². The summed E-state index contributed by atoms with van der Waals surface area (Å²) in [6.07, 6.45) is 0. The van der Waals surface area contributed by atoms with E-state index >= 15 is 0 Å². The molecular weight excluding hydrogens is 240 g/mol. The first-order valence-corrected chi connectivity index (χ1v) is 6.13. The summed E-state index contributed by atoms with van der Waals surface area (Å²) < 4.78 is 5.57. The van der Waals surface area contributed by atoms with Crippen molar-refractivity contribution in [1.82, 2.24) is 4.98 Å². The quantitative estimate of drug-likeness (QED) is 0.751. The second kappa shape index (κ2) is 5.12. The van der Waals surface area contributed by atoms with Gasteiger partial charge in [-0.1, -0.05) is 36.4 Å². The molecule has 0 radical (unpaired) electrons. The molecule has 1 aromatic heterocycles. The van der Waals surface area contributed by atoms with E-state index in [2.05, 4.69) is 10.3 Å². The van der Waals surface area contributed by atoms with Gasteiger partial charge >= 0.3 is 0 Å². The molecule has 0 aliphatic carbocycles. The van der Waals surface area contributed by atoms with E-state index in [4.69, 9.17) is 9.52 Å². The van der Waals surface area contributed by atoms with Gasteiger partial charge in [-0.05, 0) is 23.3 Å². The molecule has 0 bridgehead atoms. The Morgan fingerprint density at radius 2 is 1.74 bits per heavy atom. The first-order valence-electron chi connectivity index (χ1n) is 6.13. The van der Waals surface area contributed by atoms with E-state index in [1.807, 2.05) is 48.5 Å². The van der Waals surface area contributed by atoms with Crippen molar-refractivity contribution >= 4 is 17.1 Å². The number of rotatable bonds is 4. The minimum Gasteiger partial charge on any atom is -0.424 e. The van der Waals surface area contributed by atoms with Gasteiger partial charge in [-0.25, -0.2) is 0 Å². The van der Waals surface area contributed by atoms with Crippen LogP contribution in [0.15, 0.2) is 52.9 Å². The Labute approximate surface area is 110 Å². The van der Waals surface area contributed by atoms with E-state index in [0.717, 1.165) is 22.2 Å². The van der Waals surface area contributed by atoms with Crippen LogP contribution < -0.4 is 5.32 Å². The number of fused-ring (bicyclic) bond motifs is 1. The lowest BCUT2D eigenvalue weighted by Crippen LogP contribution is -1.99. The third-order valence-electron chi connectivity index (χ3n) is 2.94. The molecule has 0 aliphatic rings. The van der Waals surface area contributed by atoms with E-state index < -0.39 is 0 Å². The van der Waals surface area contributed by atoms with Crippen LogP contribution in [-0.4, -0.2) is 10.1 Å². The summed E-state index contributed by atoms with van der Waals surface area (Å²) in [6.45, 7) is 0.706. The number of benzene rings is 2. The molecule has 0 amide bonds. The third-order valence-corrected chi connectivity index (χ3v) is 2.94. The van der Waals surface area contributed by atoms with Crippen molar-refractivity contribution in [3.05, 3.63) is 59.7 Å². The van der Waals surface area contributed by atoms with Crippen molar-refractivity contribution < 1.29 is 9.52 Å². The number of anilines is 1. The SMILES string of the molecule is OCc1ccc(CNc2nc3ccccc3o2)cc1. The van der Waals surface area contributed by atoms with Crippen LogP contribution in [0.5, 0.6) is 0 Å². The van der Waals surface area contributed by atoms with Crippen molar-refractivity contribution in [2.24, 2.45) is 0 Å². The lowest BCUT2D eigenvalue weighted by molar-refractivity contribution is 0.282. The Morgan fingerprint density at radius 1 is 1.00 bits per heavy atom. The molecule has 4 heteroatoms. The maximum atomic E-state index is 8.98. The summed E-state index contributed by atoms with van der Waals surface area (Å²) in [6, 6.07) is 15.9. The van der Waals surface area contributed by atoms with E-state index in [-0.39, 0.29) is 6.61 Å². The molecule has 2 aromatic carbocycles. The molecule has 3 rings (SSSR count). The Morgan fingerprint density at radius 3 is 2.47 bits per heavy atom. The maximum absolute atomic E-state index is 8.98. The third kappa shape index (κ3) is 2.58. The standard InChI is InChI=1S/C15H14N2O2/c18-10-12-7-5-11(6-8-12)9-16-15-17-13-3-1-2-4-14(13)19-15/h1-8,18H,9-10H2,(H,16,17). The van der Waals surface area contributed by atoms with Crippen LogP contribution in [0.2, 0.25) is 0 Å². The Balaban J connectivity index is 1.70. The second-order valence-electron chi connectivity index (χ2n) is 4.31. The molecule has 0 atom stereocenters. The molecule has 0 unspecified atom stereocenters. The molecule has 19 heavy (non-hydrogen) atoms. The molecular formula is C15H14N2O2. The number of nitrogens with one attached hydrogen (secondary N) is 1. The van der Waals surface area contributed by atoms with Crippen LogP contribution in [0.4, 0.5) is 6.01 Å². The predicted molar refractivity (Wildman–Crippen MR) is 73.7 cm³/mol. The van der Waals surface area contributed by atoms with Crippen LogP contribution >= 0.6 is 0 Å². The van der Waals surface area contributed by atoms with Crippen LogP contribution in [0, 0.1) is 0 Å². The van der Waals surface area contributed by atoms with Gasteiger partial charge in [0.1, 0.15) is 5.52 Å². The van der Waals surface area contributed by atoms with Crippen LogP contribution in [-0.2, 0) is 13.2 Å². The fourth-order valence-corrected chi connectivity index (χ4v) is 1.89. The summed E-state index contributed by atoms with van der Waals surface area (Å²) in [5.74, 6) is 0. The normalized spacial score (nSPS) is 10.8. The highest BCUT2D eigenvalue weighted by Crippen LogP contribution is 2.18. The van der Waals surface area contributed by atoms with Crippen molar-refractivity contribution in [2.75, 3.05) is 5.32 Å². The Bertz CT molecular complexity index is 641. The Hall–Kier alpha value is -2.33. The van der Waals surface area contributed by atoms with Crippen LogP contribution in [0.25, 0.3) is 11.1 Å². The highest BCUT2D eigenvalue weighted by molar-refractivity contribution is 5.74. The van der Waals surface area contributed by atoms with Crippen molar-refractivity contribution in [3.8, 4) is 0 Å². The average molecular weight is 254 g/mol. The van der Waals surface area contributed by atoms with Gasteiger partial charge in [0.2, 0.25) is 0 Å². The first kappa shape index (κ1) is 11.7. The number of nitrogens with zero attached hydrogens (tertiary/aromatic N) is 1. The maximum Gasteiger partial charge on any atom is 0.295 e. The fourth-order valence-electron chi connectivity index (χ4n) is 1.89. The summed E-state index contributed by atoms with van der Waals surface area (Å²) in [4.78, 5) is 4.34. The molecule has 96 valence electrons. The highest BCUT2D eigenvalue weighted by Gasteiger charge is 2.04. The summed E-state index contributed by atoms with van der Waals surface area (Å²) in [7, 11) is 0. The molecule has 0 spiro atoms. The van der Waals surface area contributed by atoms with Gasteiger partial charge < -0.3 is 14.8 Å². The number of hydrogen-bond donors (Lipinski definition) is 2.